The van der Waals surface area contributed by atoms with E-state index in [1.54, 1.807) is 76.5 Å². The van der Waals surface area contributed by atoms with Gasteiger partial charge in [0.2, 0.25) is 0 Å². The van der Waals surface area contributed by atoms with E-state index in [1.165, 1.54) is 32.1 Å². The summed E-state index contributed by atoms with van der Waals surface area (Å²) in [6, 6.07) is 55.2. The second-order valence-corrected chi connectivity index (χ2v) is 34.2. The summed E-state index contributed by atoms with van der Waals surface area (Å²) in [6.07, 6.45) is 15.3. The van der Waals surface area contributed by atoms with Crippen LogP contribution in [-0.2, 0) is 9.47 Å². The van der Waals surface area contributed by atoms with Gasteiger partial charge in [0, 0.05) is 91.7 Å². The number of nitrogens with one attached hydrogen (secondary N) is 3. The first kappa shape index (κ1) is 107. The van der Waals surface area contributed by atoms with Crippen LogP contribution in [0.25, 0.3) is 0 Å². The number of carbonyl (C=O) groups is 8. The molecule has 6 aromatic rings. The highest BCUT2D eigenvalue weighted by Crippen LogP contribution is 2.32. The summed E-state index contributed by atoms with van der Waals surface area (Å²) >= 11 is 4.95. The van der Waals surface area contributed by atoms with Crippen molar-refractivity contribution in [3.8, 4) is 11.5 Å². The third-order valence-corrected chi connectivity index (χ3v) is 20.1. The number of aromatic carboxylic acids is 1. The zero-order valence-corrected chi connectivity index (χ0v) is 72.2. The Kier molecular flexibility index (Phi) is 51.2. The van der Waals surface area contributed by atoms with Gasteiger partial charge in [-0.2, -0.15) is 0 Å². The topological polar surface area (TPSA) is 266 Å². The van der Waals surface area contributed by atoms with Gasteiger partial charge in [0.15, 0.2) is 0 Å². The molecule has 10 rings (SSSR count). The van der Waals surface area contributed by atoms with Gasteiger partial charge in [0.25, 0.3) is 17.7 Å². The van der Waals surface area contributed by atoms with Crippen molar-refractivity contribution >= 4 is 71.4 Å². The fourth-order valence-electron chi connectivity index (χ4n) is 14.4. The molecule has 4 aliphatic rings. The number of hydrogen-bond donors (Lipinski definition) is 5. The Morgan fingerprint density at radius 1 is 0.381 bits per heavy atom. The number of para-hydroxylation sites is 2. The molecule has 3 heterocycles. The van der Waals surface area contributed by atoms with Crippen molar-refractivity contribution in [1.82, 2.24) is 30.7 Å². The van der Waals surface area contributed by atoms with Gasteiger partial charge in [-0.05, 0) is 239 Å². The van der Waals surface area contributed by atoms with E-state index in [2.05, 4.69) is 76.1 Å². The predicted octanol–water partition coefficient (Wildman–Crippen LogP) is 22.8. The minimum Gasteiger partial charge on any atom is -0.478 e. The summed E-state index contributed by atoms with van der Waals surface area (Å²) in [5.41, 5.74) is 7.02. The first-order valence-electron chi connectivity index (χ1n) is 41.1. The molecule has 3 saturated heterocycles. The van der Waals surface area contributed by atoms with Crippen LogP contribution in [0.4, 0.5) is 19.2 Å². The Balaban J connectivity index is 0.000000730. The molecule has 4 unspecified atom stereocenters. The molecule has 118 heavy (non-hydrogen) atoms. The number of nitrogens with two attached hydrogens (primary N) is 1. The Morgan fingerprint density at radius 2 is 0.636 bits per heavy atom. The van der Waals surface area contributed by atoms with Crippen LogP contribution in [0.3, 0.4) is 0 Å². The van der Waals surface area contributed by atoms with Crippen LogP contribution in [0.15, 0.2) is 182 Å². The molecule has 22 heteroatoms. The fraction of sp³-hybridized carbons (Fsp3) is 0.542. The number of rotatable bonds is 21. The Morgan fingerprint density at radius 3 is 0.898 bits per heavy atom. The smallest absolute Gasteiger partial charge is 0.415 e. The molecule has 0 bridgehead atoms. The first-order valence-corrected chi connectivity index (χ1v) is 41.5. The molecule has 1 aliphatic carbocycles. The van der Waals surface area contributed by atoms with Gasteiger partial charge in [-0.25, -0.2) is 24.0 Å². The highest BCUT2D eigenvalue weighted by atomic mass is 35.5. The van der Waals surface area contributed by atoms with Crippen LogP contribution in [0, 0.1) is 47.3 Å². The maximum Gasteiger partial charge on any atom is 0.415 e. The van der Waals surface area contributed by atoms with Crippen molar-refractivity contribution < 1.29 is 62.4 Å². The van der Waals surface area contributed by atoms with Crippen molar-refractivity contribution in [2.24, 2.45) is 53.1 Å². The second-order valence-electron chi connectivity index (χ2n) is 33.9. The monoisotopic (exact) mass is 1670 g/mol. The highest BCUT2D eigenvalue weighted by molar-refractivity contribution is 6.61. The van der Waals surface area contributed by atoms with Gasteiger partial charge < -0.3 is 60.4 Å². The Bertz CT molecular complexity index is 3750. The molecular weight excluding hydrogens is 1530 g/mol. The number of benzene rings is 6. The third-order valence-electron chi connectivity index (χ3n) is 20.0. The van der Waals surface area contributed by atoms with Crippen molar-refractivity contribution in [2.45, 2.75) is 251 Å². The maximum absolute atomic E-state index is 12.7. The quantitative estimate of drug-likeness (QED) is 0.0420. The van der Waals surface area contributed by atoms with E-state index in [9.17, 15) is 38.4 Å². The van der Waals surface area contributed by atoms with Crippen LogP contribution < -0.4 is 31.2 Å². The van der Waals surface area contributed by atoms with Gasteiger partial charge in [-0.1, -0.05) is 206 Å². The second kappa shape index (κ2) is 56.5. The average Bonchev–Trinajstić information content (AvgIpc) is 0.853. The van der Waals surface area contributed by atoms with Crippen molar-refractivity contribution in [1.29, 1.82) is 0 Å². The summed E-state index contributed by atoms with van der Waals surface area (Å²) in [5.74, 6) is 4.36. The lowest BCUT2D eigenvalue weighted by molar-refractivity contribution is 0.0158. The van der Waals surface area contributed by atoms with Gasteiger partial charge in [-0.15, -0.1) is 12.4 Å². The normalized spacial score (nSPS) is 15.4. The van der Waals surface area contributed by atoms with E-state index in [1.807, 2.05) is 162 Å². The SMILES string of the molecule is C.C.C.CC(C)CC(N)C1CCN(C(=O)OC(C)(C)C)CC1.CC(C)CC(NC(=O)c1ccccc1)C1CCCCC1.CC(C)CC(NC(=O)c1ccccc1)C1CCN(C(=O)OC(C)(C)C)CC1.CC(C)CC(NC(=O)c1ccccc1)C1CCN(C(=O)Oc2ccccc2)CC1.Cl.O=C(Cl)Oc1ccccc1.O=C(O)c1ccccc1. The number of amides is 6. The lowest BCUT2D eigenvalue weighted by atomic mass is 9.81. The van der Waals surface area contributed by atoms with Crippen LogP contribution in [0.1, 0.15) is 257 Å². The van der Waals surface area contributed by atoms with Gasteiger partial charge >= 0.3 is 29.7 Å². The number of likely N-dealkylation sites (tertiary alicyclic amines) is 3. The lowest BCUT2D eigenvalue weighted by Gasteiger charge is -2.37. The van der Waals surface area contributed by atoms with Gasteiger partial charge in [0.1, 0.15) is 22.7 Å². The summed E-state index contributed by atoms with van der Waals surface area (Å²) < 4.78 is 20.9. The standard InChI is InChI=1S/C24H30N2O3.C22H34N2O3.C18H27NO.C15H30N2O2.C7H5ClO2.C7H6O2.3CH4.ClH/c1-18(2)17-22(25-23(27)20-9-5-3-6-10-20)19-13-15-26(16-14-19)24(28)29-21-11-7-4-8-12-21;1-16(2)15-19(23-20(25)18-9-7-6-8-10-18)17-11-13-24(14-12-17)21(26)27-22(3,4)5;1-14(2)13-17(15-9-5-3-6-10-15)19-18(20)16-11-7-4-8-12-16;1-11(2)10-13(16)12-6-8-17(9-7-12)14(18)19-15(3,4)5;8-7(9)10-6-4-2-1-3-5-6;8-7(9)6-4-2-1-3-5-6;;;;/h3-12,18-19,22H,13-17H2,1-2H3,(H,25,27);6-10,16-17,19H,11-15H2,1-5H3,(H,23,25);4,7-8,11-12,14-15,17H,3,5-6,9-10,13H2,1-2H3,(H,19,20);11-13H,6-10,16H2,1-5H3;1-5H;1-5H,(H,8,9);3*1H4;1H. The van der Waals surface area contributed by atoms with E-state index in [0.717, 1.165) is 82.9 Å². The van der Waals surface area contributed by atoms with E-state index in [-0.39, 0.29) is 88.8 Å². The number of halogens is 2. The Labute approximate surface area is 719 Å². The largest absolute Gasteiger partial charge is 0.478 e. The van der Waals surface area contributed by atoms with Crippen LogP contribution >= 0.6 is 24.0 Å². The lowest BCUT2D eigenvalue weighted by Crippen LogP contribution is -2.48. The van der Waals surface area contributed by atoms with E-state index >= 15 is 0 Å². The maximum atomic E-state index is 12.7. The number of nitrogens with zero attached hydrogens (tertiary/aromatic N) is 3. The summed E-state index contributed by atoms with van der Waals surface area (Å²) in [4.78, 5) is 100.0. The molecule has 656 valence electrons. The number of carboxylic acid groups (broad SMARTS) is 1. The molecule has 6 amide bonds. The highest BCUT2D eigenvalue weighted by Gasteiger charge is 2.35. The van der Waals surface area contributed by atoms with Crippen LogP contribution in [-0.4, -0.2) is 142 Å². The number of piperidine rings is 3. The van der Waals surface area contributed by atoms with Gasteiger partial charge in [-0.3, -0.25) is 14.4 Å². The zero-order valence-electron chi connectivity index (χ0n) is 70.6. The van der Waals surface area contributed by atoms with Crippen LogP contribution in [0.5, 0.6) is 11.5 Å². The molecule has 6 N–H and O–H groups in total. The number of carboxylic acids is 1. The zero-order chi connectivity index (χ0) is 83.8. The molecule has 4 atom stereocenters. The summed E-state index contributed by atoms with van der Waals surface area (Å²) in [5, 5.41) is 18.2. The molecular formula is C96H145Cl2N7O13. The number of hydrogen-bond acceptors (Lipinski definition) is 13. The van der Waals surface area contributed by atoms with E-state index in [4.69, 9.17) is 36.7 Å². The number of ether oxygens (including phenoxy) is 4. The molecule has 3 aliphatic heterocycles. The third kappa shape index (κ3) is 43.1. The summed E-state index contributed by atoms with van der Waals surface area (Å²) in [7, 11) is 0. The minimum absolute atomic E-state index is 0. The van der Waals surface area contributed by atoms with Crippen molar-refractivity contribution in [3.05, 3.63) is 204 Å². The minimum atomic E-state index is -0.879. The molecule has 1 saturated carbocycles. The first-order chi connectivity index (χ1) is 54.1. The van der Waals surface area contributed by atoms with E-state index in [0.29, 0.717) is 108 Å². The summed E-state index contributed by atoms with van der Waals surface area (Å²) in [6.45, 7) is 33.1. The van der Waals surface area contributed by atoms with Crippen molar-refractivity contribution in [2.75, 3.05) is 39.3 Å². The molecule has 6 aromatic carbocycles. The Hall–Kier alpha value is -8.98. The fourth-order valence-corrected chi connectivity index (χ4v) is 14.5. The molecule has 0 aromatic heterocycles. The number of carbonyl (C=O) groups excluding carboxylic acids is 7. The van der Waals surface area contributed by atoms with Crippen LogP contribution in [0.2, 0.25) is 0 Å². The van der Waals surface area contributed by atoms with E-state index < -0.39 is 22.6 Å². The van der Waals surface area contributed by atoms with Crippen molar-refractivity contribution in [3.63, 3.8) is 0 Å². The average molecular weight is 1680 g/mol. The molecule has 20 nitrogen and oxygen atoms in total. The molecule has 0 spiro atoms. The molecule has 4 fully saturated rings. The van der Waals surface area contributed by atoms with Gasteiger partial charge in [0.05, 0.1) is 5.56 Å². The molecule has 0 radical (unpaired) electrons. The predicted molar refractivity (Wildman–Crippen MR) is 482 cm³/mol.